The highest BCUT2D eigenvalue weighted by atomic mass is 16.5. The number of methoxy groups -OCH3 is 1. The van der Waals surface area contributed by atoms with E-state index in [0.717, 1.165) is 43.4 Å². The molecule has 128 valence electrons. The topological polar surface area (TPSA) is 66.3 Å². The van der Waals surface area contributed by atoms with Crippen molar-refractivity contribution in [1.29, 1.82) is 0 Å². The molecule has 1 saturated heterocycles. The Labute approximate surface area is 138 Å². The summed E-state index contributed by atoms with van der Waals surface area (Å²) in [6, 6.07) is 7.57. The minimum absolute atomic E-state index is 0.239. The van der Waals surface area contributed by atoms with Gasteiger partial charge in [-0.3, -0.25) is 4.99 Å². The van der Waals surface area contributed by atoms with E-state index < -0.39 is 0 Å². The minimum atomic E-state index is -0.239. The predicted octanol–water partition coefficient (Wildman–Crippen LogP) is 1.50. The lowest BCUT2D eigenvalue weighted by Gasteiger charge is -2.20. The zero-order chi connectivity index (χ0) is 16.5. The van der Waals surface area contributed by atoms with Crippen LogP contribution in [0.5, 0.6) is 11.5 Å². The Morgan fingerprint density at radius 2 is 2.09 bits per heavy atom. The lowest BCUT2D eigenvalue weighted by atomic mass is 10.3. The summed E-state index contributed by atoms with van der Waals surface area (Å²) in [6.45, 7) is 5.72. The van der Waals surface area contributed by atoms with Crippen LogP contribution in [0.2, 0.25) is 0 Å². The second kappa shape index (κ2) is 9.25. The lowest BCUT2D eigenvalue weighted by Crippen LogP contribution is -2.40. The van der Waals surface area contributed by atoms with E-state index in [1.165, 1.54) is 0 Å². The zero-order valence-corrected chi connectivity index (χ0v) is 14.0. The number of guanidine groups is 1. The number of ether oxygens (including phenoxy) is 2. The molecule has 2 rings (SSSR count). The van der Waals surface area contributed by atoms with Crippen molar-refractivity contribution in [3.8, 4) is 11.5 Å². The summed E-state index contributed by atoms with van der Waals surface area (Å²) >= 11 is 0. The molecule has 2 N–H and O–H groups in total. The Morgan fingerprint density at radius 1 is 1.35 bits per heavy atom. The number of β-amino-alcohol motifs (C(OH)–C–C–N with tert-alkyl or cyclic N) is 1. The van der Waals surface area contributed by atoms with E-state index in [0.29, 0.717) is 19.7 Å². The maximum Gasteiger partial charge on any atom is 0.194 e. The molecule has 23 heavy (non-hydrogen) atoms. The normalized spacial score (nSPS) is 18.1. The van der Waals surface area contributed by atoms with Gasteiger partial charge >= 0.3 is 0 Å². The lowest BCUT2D eigenvalue weighted by molar-refractivity contribution is 0.187. The molecule has 0 saturated carbocycles. The van der Waals surface area contributed by atoms with Crippen LogP contribution in [0.25, 0.3) is 0 Å². The van der Waals surface area contributed by atoms with Crippen LogP contribution in [-0.4, -0.2) is 62.0 Å². The SMILES string of the molecule is CCNC(=NCCCOc1ccc(OC)cc1)N1CC[C@@H](O)C1. The fourth-order valence-electron chi connectivity index (χ4n) is 2.47. The third kappa shape index (κ3) is 5.63. The van der Waals surface area contributed by atoms with Gasteiger partial charge in [0.25, 0.3) is 0 Å². The summed E-state index contributed by atoms with van der Waals surface area (Å²) in [4.78, 5) is 6.72. The van der Waals surface area contributed by atoms with Gasteiger partial charge in [0.15, 0.2) is 5.96 Å². The van der Waals surface area contributed by atoms with Gasteiger partial charge in [0, 0.05) is 32.6 Å². The van der Waals surface area contributed by atoms with Crippen LogP contribution in [0, 0.1) is 0 Å². The Balaban J connectivity index is 1.72. The van der Waals surface area contributed by atoms with E-state index in [-0.39, 0.29) is 6.10 Å². The van der Waals surface area contributed by atoms with Gasteiger partial charge in [-0.2, -0.15) is 0 Å². The number of hydrogen-bond donors (Lipinski definition) is 2. The maximum atomic E-state index is 9.64. The Morgan fingerprint density at radius 3 is 2.70 bits per heavy atom. The highest BCUT2D eigenvalue weighted by molar-refractivity contribution is 5.80. The van der Waals surface area contributed by atoms with Gasteiger partial charge in [0.2, 0.25) is 0 Å². The molecule has 0 aliphatic carbocycles. The van der Waals surface area contributed by atoms with E-state index in [9.17, 15) is 5.11 Å². The van der Waals surface area contributed by atoms with Gasteiger partial charge in [-0.05, 0) is 37.6 Å². The van der Waals surface area contributed by atoms with Crippen molar-refractivity contribution < 1.29 is 14.6 Å². The summed E-state index contributed by atoms with van der Waals surface area (Å²) in [6.07, 6.45) is 1.42. The highest BCUT2D eigenvalue weighted by Crippen LogP contribution is 2.17. The van der Waals surface area contributed by atoms with Crippen molar-refractivity contribution >= 4 is 5.96 Å². The first-order chi connectivity index (χ1) is 11.2. The van der Waals surface area contributed by atoms with Gasteiger partial charge in [-0.25, -0.2) is 0 Å². The summed E-state index contributed by atoms with van der Waals surface area (Å²) in [7, 11) is 1.65. The largest absolute Gasteiger partial charge is 0.497 e. The van der Waals surface area contributed by atoms with Gasteiger partial charge in [0.1, 0.15) is 11.5 Å². The molecule has 0 radical (unpaired) electrons. The van der Waals surface area contributed by atoms with Crippen LogP contribution >= 0.6 is 0 Å². The molecule has 1 atom stereocenters. The number of aliphatic imine (C=N–C) groups is 1. The molecule has 0 spiro atoms. The molecule has 1 aliphatic heterocycles. The predicted molar refractivity (Wildman–Crippen MR) is 91.3 cm³/mol. The number of nitrogens with one attached hydrogen (secondary N) is 1. The van der Waals surface area contributed by atoms with Gasteiger partial charge in [-0.15, -0.1) is 0 Å². The second-order valence-corrected chi connectivity index (χ2v) is 5.50. The van der Waals surface area contributed by atoms with Crippen molar-refractivity contribution in [2.75, 3.05) is 39.9 Å². The van der Waals surface area contributed by atoms with Crippen molar-refractivity contribution in [2.45, 2.75) is 25.9 Å². The number of likely N-dealkylation sites (tertiary alicyclic amines) is 1. The average molecular weight is 321 g/mol. The standard InChI is InChI=1S/C17H27N3O3/c1-3-18-17(20-11-9-14(21)13-20)19-10-4-12-23-16-7-5-15(22-2)6-8-16/h5-8,14,21H,3-4,9-13H2,1-2H3,(H,18,19)/t14-/m1/s1. The second-order valence-electron chi connectivity index (χ2n) is 5.50. The van der Waals surface area contributed by atoms with E-state index in [2.05, 4.69) is 22.1 Å². The number of aliphatic hydroxyl groups excluding tert-OH is 1. The number of aliphatic hydroxyl groups is 1. The minimum Gasteiger partial charge on any atom is -0.497 e. The first-order valence-corrected chi connectivity index (χ1v) is 8.21. The fourth-order valence-corrected chi connectivity index (χ4v) is 2.47. The molecular formula is C17H27N3O3. The Kier molecular flexibility index (Phi) is 7.00. The Bertz CT molecular complexity index is 490. The van der Waals surface area contributed by atoms with E-state index in [4.69, 9.17) is 9.47 Å². The fraction of sp³-hybridized carbons (Fsp3) is 0.588. The summed E-state index contributed by atoms with van der Waals surface area (Å²) in [5.74, 6) is 2.54. The van der Waals surface area contributed by atoms with Crippen LogP contribution in [0.1, 0.15) is 19.8 Å². The number of benzene rings is 1. The van der Waals surface area contributed by atoms with Crippen LogP contribution in [0.4, 0.5) is 0 Å². The molecule has 1 aliphatic rings. The Hall–Kier alpha value is -1.95. The molecule has 1 aromatic rings. The van der Waals surface area contributed by atoms with Crippen LogP contribution in [0.15, 0.2) is 29.3 Å². The van der Waals surface area contributed by atoms with Crippen molar-refractivity contribution in [2.24, 2.45) is 4.99 Å². The van der Waals surface area contributed by atoms with Crippen LogP contribution in [-0.2, 0) is 0 Å². The molecule has 6 nitrogen and oxygen atoms in total. The molecule has 0 amide bonds. The number of hydrogen-bond acceptors (Lipinski definition) is 4. The third-order valence-corrected chi connectivity index (χ3v) is 3.69. The first kappa shape index (κ1) is 17.4. The van der Waals surface area contributed by atoms with E-state index in [1.807, 2.05) is 24.3 Å². The molecule has 1 heterocycles. The van der Waals surface area contributed by atoms with Crippen LogP contribution in [0.3, 0.4) is 0 Å². The summed E-state index contributed by atoms with van der Waals surface area (Å²) in [5.41, 5.74) is 0. The number of rotatable bonds is 7. The summed E-state index contributed by atoms with van der Waals surface area (Å²) in [5, 5.41) is 12.9. The highest BCUT2D eigenvalue weighted by Gasteiger charge is 2.22. The summed E-state index contributed by atoms with van der Waals surface area (Å²) < 4.78 is 10.8. The van der Waals surface area contributed by atoms with Gasteiger partial charge in [-0.1, -0.05) is 0 Å². The maximum absolute atomic E-state index is 9.64. The molecule has 0 unspecified atom stereocenters. The van der Waals surface area contributed by atoms with Gasteiger partial charge in [0.05, 0.1) is 19.8 Å². The molecule has 1 aromatic carbocycles. The van der Waals surface area contributed by atoms with Crippen LogP contribution < -0.4 is 14.8 Å². The van der Waals surface area contributed by atoms with Crippen molar-refractivity contribution in [1.82, 2.24) is 10.2 Å². The smallest absolute Gasteiger partial charge is 0.194 e. The van der Waals surface area contributed by atoms with Crippen molar-refractivity contribution in [3.05, 3.63) is 24.3 Å². The molecular weight excluding hydrogens is 294 g/mol. The zero-order valence-electron chi connectivity index (χ0n) is 14.0. The van der Waals surface area contributed by atoms with E-state index in [1.54, 1.807) is 7.11 Å². The first-order valence-electron chi connectivity index (χ1n) is 8.21. The molecule has 0 bridgehead atoms. The molecule has 6 heteroatoms. The third-order valence-electron chi connectivity index (χ3n) is 3.69. The van der Waals surface area contributed by atoms with E-state index >= 15 is 0 Å². The quantitative estimate of drug-likeness (QED) is 0.452. The molecule has 0 aromatic heterocycles. The number of nitrogens with zero attached hydrogens (tertiary/aromatic N) is 2. The average Bonchev–Trinajstić information content (AvgIpc) is 3.00. The monoisotopic (exact) mass is 321 g/mol. The molecule has 1 fully saturated rings. The van der Waals surface area contributed by atoms with Crippen molar-refractivity contribution in [3.63, 3.8) is 0 Å². The van der Waals surface area contributed by atoms with Gasteiger partial charge < -0.3 is 24.8 Å².